The Morgan fingerprint density at radius 2 is 1.77 bits per heavy atom. The number of hydrogen-bond acceptors (Lipinski definition) is 6. The van der Waals surface area contributed by atoms with Crippen LogP contribution < -0.4 is 15.4 Å². The minimum Gasteiger partial charge on any atom is -0.371 e. The van der Waals surface area contributed by atoms with Crippen LogP contribution in [0.25, 0.3) is 0 Å². The Hall–Kier alpha value is -2.17. The summed E-state index contributed by atoms with van der Waals surface area (Å²) in [5, 5.41) is 0. The third kappa shape index (κ3) is 3.36. The SMILES string of the molecule is O=C(CN1c2nc(N3CC4CCC(C3)O4)c(F)c(=O)n2CCC1C(F)(F)F)C1CC1. The highest BCUT2D eigenvalue weighted by Crippen LogP contribution is 2.37. The molecule has 0 radical (unpaired) electrons. The van der Waals surface area contributed by atoms with Gasteiger partial charge in [-0.05, 0) is 32.1 Å². The van der Waals surface area contributed by atoms with E-state index in [-0.39, 0.29) is 42.2 Å². The number of nitrogens with zero attached hydrogens (tertiary/aromatic N) is 4. The van der Waals surface area contributed by atoms with Crippen LogP contribution in [-0.2, 0) is 16.1 Å². The second-order valence-corrected chi connectivity index (χ2v) is 8.58. The molecule has 1 aliphatic carbocycles. The molecule has 4 heterocycles. The molecule has 0 amide bonds. The van der Waals surface area contributed by atoms with E-state index in [2.05, 4.69) is 4.98 Å². The number of morpholine rings is 1. The van der Waals surface area contributed by atoms with Gasteiger partial charge in [0.25, 0.3) is 5.56 Å². The predicted octanol–water partition coefficient (Wildman–Crippen LogP) is 1.87. The molecule has 1 saturated carbocycles. The van der Waals surface area contributed by atoms with Crippen LogP contribution >= 0.6 is 0 Å². The molecule has 7 nitrogen and oxygen atoms in total. The molecule has 3 fully saturated rings. The Bertz CT molecular complexity index is 918. The number of carbonyl (C=O) groups is 1. The number of anilines is 2. The van der Waals surface area contributed by atoms with Crippen molar-refractivity contribution in [3.8, 4) is 0 Å². The van der Waals surface area contributed by atoms with Gasteiger partial charge in [0, 0.05) is 25.6 Å². The molecule has 2 bridgehead atoms. The lowest BCUT2D eigenvalue weighted by Gasteiger charge is -2.40. The number of Topliss-reactive ketones (excluding diaryl/α,β-unsaturated/α-hetero) is 1. The van der Waals surface area contributed by atoms with E-state index in [9.17, 15) is 27.2 Å². The number of ketones is 1. The van der Waals surface area contributed by atoms with E-state index >= 15 is 0 Å². The van der Waals surface area contributed by atoms with E-state index in [4.69, 9.17) is 4.74 Å². The van der Waals surface area contributed by atoms with Crippen LogP contribution in [0.5, 0.6) is 0 Å². The van der Waals surface area contributed by atoms with Gasteiger partial charge in [0.1, 0.15) is 6.04 Å². The Kier molecular flexibility index (Phi) is 4.57. The first-order valence-electron chi connectivity index (χ1n) is 10.3. The largest absolute Gasteiger partial charge is 0.408 e. The summed E-state index contributed by atoms with van der Waals surface area (Å²) in [6, 6.07) is -1.94. The maximum Gasteiger partial charge on any atom is 0.408 e. The van der Waals surface area contributed by atoms with Crippen LogP contribution in [0.2, 0.25) is 0 Å². The number of aromatic nitrogens is 2. The van der Waals surface area contributed by atoms with Crippen LogP contribution in [0.4, 0.5) is 29.3 Å². The van der Waals surface area contributed by atoms with Gasteiger partial charge >= 0.3 is 6.18 Å². The average molecular weight is 430 g/mol. The van der Waals surface area contributed by atoms with E-state index in [0.29, 0.717) is 25.9 Å². The molecule has 0 N–H and O–H groups in total. The third-order valence-electron chi connectivity index (χ3n) is 6.42. The van der Waals surface area contributed by atoms with E-state index < -0.39 is 36.6 Å². The third-order valence-corrected chi connectivity index (χ3v) is 6.42. The summed E-state index contributed by atoms with van der Waals surface area (Å²) < 4.78 is 62.8. The molecule has 3 atom stereocenters. The van der Waals surface area contributed by atoms with Gasteiger partial charge in [-0.2, -0.15) is 22.5 Å². The zero-order chi connectivity index (χ0) is 21.2. The maximum atomic E-state index is 14.9. The fraction of sp³-hybridized carbons (Fsp3) is 0.737. The van der Waals surface area contributed by atoms with Gasteiger partial charge in [0.15, 0.2) is 11.6 Å². The van der Waals surface area contributed by atoms with Crippen molar-refractivity contribution in [1.82, 2.24) is 9.55 Å². The second kappa shape index (κ2) is 6.93. The number of rotatable bonds is 4. The fourth-order valence-corrected chi connectivity index (χ4v) is 4.70. The smallest absolute Gasteiger partial charge is 0.371 e. The number of carbonyl (C=O) groups excluding carboxylic acids is 1. The Labute approximate surface area is 169 Å². The second-order valence-electron chi connectivity index (χ2n) is 8.58. The number of halogens is 4. The lowest BCUT2D eigenvalue weighted by molar-refractivity contribution is -0.153. The average Bonchev–Trinajstić information content (AvgIpc) is 3.48. The normalized spacial score (nSPS) is 28.6. The predicted molar refractivity (Wildman–Crippen MR) is 98.1 cm³/mol. The van der Waals surface area contributed by atoms with Gasteiger partial charge in [-0.15, -0.1) is 0 Å². The molecule has 11 heteroatoms. The Morgan fingerprint density at radius 1 is 1.10 bits per heavy atom. The molecule has 30 heavy (non-hydrogen) atoms. The van der Waals surface area contributed by atoms with Crippen LogP contribution in [-0.4, -0.2) is 59.4 Å². The van der Waals surface area contributed by atoms with Gasteiger partial charge in [-0.3, -0.25) is 14.2 Å². The van der Waals surface area contributed by atoms with Crippen molar-refractivity contribution in [3.63, 3.8) is 0 Å². The van der Waals surface area contributed by atoms with Crippen molar-refractivity contribution in [2.75, 3.05) is 29.4 Å². The lowest BCUT2D eigenvalue weighted by Crippen LogP contribution is -2.55. The molecule has 3 aliphatic heterocycles. The molecule has 164 valence electrons. The van der Waals surface area contributed by atoms with Crippen molar-refractivity contribution in [3.05, 3.63) is 16.2 Å². The maximum absolute atomic E-state index is 14.9. The van der Waals surface area contributed by atoms with Crippen molar-refractivity contribution >= 4 is 17.5 Å². The molecule has 1 aromatic rings. The monoisotopic (exact) mass is 430 g/mol. The number of fused-ring (bicyclic) bond motifs is 3. The molecular weight excluding hydrogens is 408 g/mol. The van der Waals surface area contributed by atoms with E-state index in [1.807, 2.05) is 0 Å². The fourth-order valence-electron chi connectivity index (χ4n) is 4.70. The van der Waals surface area contributed by atoms with Crippen LogP contribution in [0, 0.1) is 11.7 Å². The molecule has 1 aromatic heterocycles. The molecule has 0 aromatic carbocycles. The highest BCUT2D eigenvalue weighted by atomic mass is 19.4. The summed E-state index contributed by atoms with van der Waals surface area (Å²) in [4.78, 5) is 31.7. The molecule has 3 unspecified atom stereocenters. The zero-order valence-electron chi connectivity index (χ0n) is 16.2. The molecule has 5 rings (SSSR count). The van der Waals surface area contributed by atoms with Crippen LogP contribution in [0.1, 0.15) is 32.1 Å². The number of hydrogen-bond donors (Lipinski definition) is 0. The molecule has 0 spiro atoms. The van der Waals surface area contributed by atoms with Crippen LogP contribution in [0.15, 0.2) is 4.79 Å². The number of alkyl halides is 3. The van der Waals surface area contributed by atoms with Gasteiger partial charge in [0.05, 0.1) is 18.8 Å². The van der Waals surface area contributed by atoms with E-state index in [1.165, 1.54) is 0 Å². The van der Waals surface area contributed by atoms with Crippen molar-refractivity contribution in [1.29, 1.82) is 0 Å². The summed E-state index contributed by atoms with van der Waals surface area (Å²) in [5.41, 5.74) is -1.00. The summed E-state index contributed by atoms with van der Waals surface area (Å²) in [5.74, 6) is -2.15. The first-order valence-corrected chi connectivity index (χ1v) is 10.3. The first-order chi connectivity index (χ1) is 14.2. The topological polar surface area (TPSA) is 67.7 Å². The summed E-state index contributed by atoms with van der Waals surface area (Å²) in [6.45, 7) is -0.133. The minimum absolute atomic E-state index is 0.112. The quantitative estimate of drug-likeness (QED) is 0.680. The summed E-state index contributed by atoms with van der Waals surface area (Å²) >= 11 is 0. The van der Waals surface area contributed by atoms with Crippen molar-refractivity contribution < 1.29 is 27.1 Å². The minimum atomic E-state index is -4.60. The standard InChI is InChI=1S/C19H22F4N4O3/c20-15-16(25-7-11-3-4-12(8-25)30-11)24-18-26(17(15)29)6-5-14(19(21,22)23)27(18)9-13(28)10-1-2-10/h10-12,14H,1-9H2. The summed E-state index contributed by atoms with van der Waals surface area (Å²) in [6.07, 6.45) is -2.31. The van der Waals surface area contributed by atoms with Gasteiger partial charge in [-0.1, -0.05) is 0 Å². The van der Waals surface area contributed by atoms with E-state index in [1.54, 1.807) is 4.90 Å². The van der Waals surface area contributed by atoms with Crippen LogP contribution in [0.3, 0.4) is 0 Å². The molecular formula is C19H22F4N4O3. The highest BCUT2D eigenvalue weighted by Gasteiger charge is 2.49. The molecule has 2 saturated heterocycles. The molecule has 4 aliphatic rings. The van der Waals surface area contributed by atoms with Gasteiger partial charge in [0.2, 0.25) is 11.8 Å². The lowest BCUT2D eigenvalue weighted by atomic mass is 10.1. The van der Waals surface area contributed by atoms with E-state index in [0.717, 1.165) is 22.3 Å². The highest BCUT2D eigenvalue weighted by molar-refractivity contribution is 5.87. The van der Waals surface area contributed by atoms with Gasteiger partial charge < -0.3 is 14.5 Å². The van der Waals surface area contributed by atoms with Gasteiger partial charge in [-0.25, -0.2) is 0 Å². The first kappa shape index (κ1) is 19.8. The Morgan fingerprint density at radius 3 is 2.37 bits per heavy atom. The number of ether oxygens (including phenoxy) is 1. The van der Waals surface area contributed by atoms with Crippen molar-refractivity contribution in [2.24, 2.45) is 5.92 Å². The van der Waals surface area contributed by atoms with Crippen molar-refractivity contribution in [2.45, 2.75) is 63.1 Å². The zero-order valence-corrected chi connectivity index (χ0v) is 16.2. The summed E-state index contributed by atoms with van der Waals surface area (Å²) in [7, 11) is 0. The Balaban J connectivity index is 1.56.